The van der Waals surface area contributed by atoms with Gasteiger partial charge in [0.15, 0.2) is 5.13 Å². The Morgan fingerprint density at radius 3 is 2.51 bits per heavy atom. The van der Waals surface area contributed by atoms with Gasteiger partial charge in [0.2, 0.25) is 0 Å². The van der Waals surface area contributed by atoms with Crippen LogP contribution >= 0.6 is 11.3 Å². The highest BCUT2D eigenvalue weighted by atomic mass is 32.1. The number of aromatic nitrogens is 1. The van der Waals surface area contributed by atoms with Crippen LogP contribution in [0.15, 0.2) is 36.4 Å². The molecule has 0 saturated carbocycles. The number of benzene rings is 2. The number of aryl methyl sites for hydroxylation is 1. The van der Waals surface area contributed by atoms with Crippen molar-refractivity contribution in [3.8, 4) is 6.07 Å². The lowest BCUT2D eigenvalue weighted by atomic mass is 9.94. The minimum atomic E-state index is -4.36. The Kier molecular flexibility index (Phi) is 9.53. The second kappa shape index (κ2) is 12.4. The van der Waals surface area contributed by atoms with Gasteiger partial charge in [-0.2, -0.15) is 18.4 Å². The molecular formula is C27H33F3N4S. The molecule has 4 rings (SSSR count). The third-order valence-corrected chi connectivity index (χ3v) is 7.40. The molecule has 1 aromatic heterocycles. The van der Waals surface area contributed by atoms with E-state index in [0.29, 0.717) is 21.7 Å². The van der Waals surface area contributed by atoms with Gasteiger partial charge in [0.25, 0.3) is 0 Å². The summed E-state index contributed by atoms with van der Waals surface area (Å²) < 4.78 is 40.0. The minimum absolute atomic E-state index is 0.556. The van der Waals surface area contributed by atoms with Crippen LogP contribution in [0.1, 0.15) is 55.4 Å². The van der Waals surface area contributed by atoms with E-state index in [4.69, 9.17) is 5.26 Å². The van der Waals surface area contributed by atoms with Gasteiger partial charge in [-0.25, -0.2) is 4.98 Å². The number of anilines is 1. The van der Waals surface area contributed by atoms with Crippen LogP contribution < -0.4 is 10.2 Å². The van der Waals surface area contributed by atoms with E-state index >= 15 is 0 Å². The molecular weight excluding hydrogens is 469 g/mol. The first kappa shape index (κ1) is 27.0. The highest BCUT2D eigenvalue weighted by Crippen LogP contribution is 2.35. The number of nitrogens with one attached hydrogen (secondary N) is 1. The van der Waals surface area contributed by atoms with Crippen molar-refractivity contribution in [3.63, 3.8) is 0 Å². The lowest BCUT2D eigenvalue weighted by molar-refractivity contribution is -0.137. The van der Waals surface area contributed by atoms with Crippen molar-refractivity contribution in [1.29, 1.82) is 5.26 Å². The summed E-state index contributed by atoms with van der Waals surface area (Å²) in [4.78, 5) is 6.89. The molecule has 0 bridgehead atoms. The normalized spacial score (nSPS) is 14.3. The summed E-state index contributed by atoms with van der Waals surface area (Å²) in [6.07, 6.45) is -0.240. The maximum atomic E-state index is 13.2. The molecule has 0 radical (unpaired) electrons. The van der Waals surface area contributed by atoms with E-state index in [2.05, 4.69) is 21.3 Å². The van der Waals surface area contributed by atoms with Crippen LogP contribution in [0.2, 0.25) is 0 Å². The van der Waals surface area contributed by atoms with Crippen LogP contribution in [0.25, 0.3) is 10.2 Å². The van der Waals surface area contributed by atoms with Gasteiger partial charge in [0.05, 0.1) is 27.4 Å². The standard InChI is InChI=1S/C25H27F3N4S.C2H6/c1-17-14-19(2-3-20(17)16-29)9-13-32(12-8-18-6-10-30-11-7-18)24-31-22-5-4-21(25(26,27)28)15-23(22)33-24;1-2/h2-5,14-15,18,30H,6-13H2,1H3;1-2H3. The molecule has 35 heavy (non-hydrogen) atoms. The molecule has 0 spiro atoms. The fourth-order valence-electron chi connectivity index (χ4n) is 4.31. The average molecular weight is 503 g/mol. The Morgan fingerprint density at radius 1 is 1.11 bits per heavy atom. The molecule has 2 aromatic carbocycles. The fraction of sp³-hybridized carbons (Fsp3) is 0.481. The Hall–Kier alpha value is -2.63. The van der Waals surface area contributed by atoms with Gasteiger partial charge in [-0.15, -0.1) is 0 Å². The van der Waals surface area contributed by atoms with Gasteiger partial charge >= 0.3 is 6.18 Å². The van der Waals surface area contributed by atoms with Crippen LogP contribution in [-0.4, -0.2) is 31.2 Å². The third-order valence-electron chi connectivity index (χ3n) is 6.32. The minimum Gasteiger partial charge on any atom is -0.348 e. The second-order valence-electron chi connectivity index (χ2n) is 8.66. The molecule has 1 saturated heterocycles. The van der Waals surface area contributed by atoms with Crippen LogP contribution in [0.3, 0.4) is 0 Å². The number of rotatable bonds is 7. The molecule has 3 aromatic rings. The number of hydrogen-bond acceptors (Lipinski definition) is 5. The molecule has 4 nitrogen and oxygen atoms in total. The lowest BCUT2D eigenvalue weighted by Gasteiger charge is -2.27. The predicted octanol–water partition coefficient (Wildman–Crippen LogP) is 6.96. The van der Waals surface area contributed by atoms with Crippen LogP contribution in [0.4, 0.5) is 18.3 Å². The molecule has 1 aliphatic heterocycles. The number of piperidine rings is 1. The van der Waals surface area contributed by atoms with Crippen molar-refractivity contribution in [2.24, 2.45) is 5.92 Å². The van der Waals surface area contributed by atoms with Crippen molar-refractivity contribution in [3.05, 3.63) is 58.7 Å². The van der Waals surface area contributed by atoms with E-state index in [9.17, 15) is 13.2 Å². The van der Waals surface area contributed by atoms with Crippen molar-refractivity contribution < 1.29 is 13.2 Å². The summed E-state index contributed by atoms with van der Waals surface area (Å²) in [6.45, 7) is 9.56. The molecule has 0 unspecified atom stereocenters. The SMILES string of the molecule is CC.Cc1cc(CCN(CCC2CCNCC2)c2nc3ccc(C(F)(F)F)cc3s2)ccc1C#N. The summed E-state index contributed by atoms with van der Waals surface area (Å²) in [5.41, 5.74) is 2.73. The Labute approximate surface area is 209 Å². The summed E-state index contributed by atoms with van der Waals surface area (Å²) >= 11 is 1.33. The van der Waals surface area contributed by atoms with E-state index in [-0.39, 0.29) is 0 Å². The second-order valence-corrected chi connectivity index (χ2v) is 9.67. The van der Waals surface area contributed by atoms with Crippen molar-refractivity contribution in [2.45, 2.75) is 52.6 Å². The summed E-state index contributed by atoms with van der Waals surface area (Å²) in [5, 5.41) is 13.3. The van der Waals surface area contributed by atoms with E-state index in [1.807, 2.05) is 39.0 Å². The molecule has 1 aliphatic rings. The first-order valence-electron chi connectivity index (χ1n) is 12.3. The number of alkyl halides is 3. The summed E-state index contributed by atoms with van der Waals surface area (Å²) in [7, 11) is 0. The largest absolute Gasteiger partial charge is 0.416 e. The third kappa shape index (κ3) is 7.18. The number of halogens is 3. The molecule has 8 heteroatoms. The van der Waals surface area contributed by atoms with E-state index in [1.165, 1.54) is 23.5 Å². The number of fused-ring (bicyclic) bond motifs is 1. The first-order valence-corrected chi connectivity index (χ1v) is 13.1. The maximum Gasteiger partial charge on any atom is 0.416 e. The highest BCUT2D eigenvalue weighted by molar-refractivity contribution is 7.22. The van der Waals surface area contributed by atoms with Gasteiger partial charge in [0.1, 0.15) is 0 Å². The number of nitriles is 1. The average Bonchev–Trinajstić information content (AvgIpc) is 3.29. The lowest BCUT2D eigenvalue weighted by Crippen LogP contribution is -2.32. The topological polar surface area (TPSA) is 52.0 Å². The van der Waals surface area contributed by atoms with Crippen molar-refractivity contribution in [2.75, 3.05) is 31.1 Å². The number of hydrogen-bond donors (Lipinski definition) is 1. The predicted molar refractivity (Wildman–Crippen MR) is 138 cm³/mol. The van der Waals surface area contributed by atoms with Gasteiger partial charge < -0.3 is 10.2 Å². The zero-order valence-corrected chi connectivity index (χ0v) is 21.4. The Balaban J connectivity index is 0.00000167. The van der Waals surface area contributed by atoms with Gasteiger partial charge in [-0.1, -0.05) is 37.3 Å². The molecule has 0 atom stereocenters. The van der Waals surface area contributed by atoms with Crippen LogP contribution in [0, 0.1) is 24.2 Å². The highest BCUT2D eigenvalue weighted by Gasteiger charge is 2.31. The van der Waals surface area contributed by atoms with E-state index in [0.717, 1.165) is 74.2 Å². The quantitative estimate of drug-likeness (QED) is 0.379. The molecule has 0 amide bonds. The number of thiazole rings is 1. The summed E-state index contributed by atoms with van der Waals surface area (Å²) in [5.74, 6) is 0.650. The maximum absolute atomic E-state index is 13.2. The Bertz CT molecular complexity index is 1140. The van der Waals surface area contributed by atoms with Gasteiger partial charge in [-0.05, 0) is 87.0 Å². The van der Waals surface area contributed by atoms with Crippen LogP contribution in [-0.2, 0) is 12.6 Å². The first-order chi connectivity index (χ1) is 16.8. The molecule has 1 N–H and O–H groups in total. The van der Waals surface area contributed by atoms with Crippen LogP contribution in [0.5, 0.6) is 0 Å². The van der Waals surface area contributed by atoms with Crippen molar-refractivity contribution in [1.82, 2.24) is 10.3 Å². The fourth-order valence-corrected chi connectivity index (χ4v) is 5.36. The molecule has 2 heterocycles. The molecule has 0 aliphatic carbocycles. The molecule has 1 fully saturated rings. The van der Waals surface area contributed by atoms with E-state index < -0.39 is 11.7 Å². The Morgan fingerprint density at radius 2 is 1.86 bits per heavy atom. The van der Waals surface area contributed by atoms with Gasteiger partial charge in [-0.3, -0.25) is 0 Å². The monoisotopic (exact) mass is 502 g/mol. The summed E-state index contributed by atoms with van der Waals surface area (Å²) in [6, 6.07) is 11.8. The molecule has 188 valence electrons. The zero-order chi connectivity index (χ0) is 25.4. The number of nitrogens with zero attached hydrogens (tertiary/aromatic N) is 3. The smallest absolute Gasteiger partial charge is 0.348 e. The zero-order valence-electron chi connectivity index (χ0n) is 20.6. The van der Waals surface area contributed by atoms with Crippen molar-refractivity contribution >= 4 is 26.7 Å². The van der Waals surface area contributed by atoms with Gasteiger partial charge in [0, 0.05) is 13.1 Å². The van der Waals surface area contributed by atoms with E-state index in [1.54, 1.807) is 0 Å².